The van der Waals surface area contributed by atoms with Gasteiger partial charge in [-0.2, -0.15) is 0 Å². The van der Waals surface area contributed by atoms with Crippen molar-refractivity contribution >= 4 is 29.0 Å². The molecule has 0 saturated carbocycles. The number of carbonyl (C=O) groups is 1. The van der Waals surface area contributed by atoms with E-state index in [1.807, 2.05) is 40.6 Å². The van der Waals surface area contributed by atoms with E-state index in [2.05, 4.69) is 0 Å². The van der Waals surface area contributed by atoms with Gasteiger partial charge in [0.2, 0.25) is 5.91 Å². The van der Waals surface area contributed by atoms with Crippen LogP contribution in [0.1, 0.15) is 15.8 Å². The molecule has 1 aliphatic rings. The monoisotopic (exact) mass is 349 g/mol. The molecule has 2 heterocycles. The van der Waals surface area contributed by atoms with Crippen molar-refractivity contribution < 1.29 is 14.3 Å². The molecule has 0 N–H and O–H groups in total. The first-order valence-electron chi connectivity index (χ1n) is 7.38. The largest absolute Gasteiger partial charge is 0.497 e. The first kappa shape index (κ1) is 16.2. The predicted octanol–water partition coefficient (Wildman–Crippen LogP) is 3.58. The van der Waals surface area contributed by atoms with Gasteiger partial charge in [0.25, 0.3) is 0 Å². The van der Waals surface area contributed by atoms with Crippen LogP contribution in [0.15, 0.2) is 35.7 Å². The highest BCUT2D eigenvalue weighted by Gasteiger charge is 2.32. The number of nitrogens with zero attached hydrogens (tertiary/aromatic N) is 1. The maximum atomic E-state index is 12.7. The quantitative estimate of drug-likeness (QED) is 0.827. The van der Waals surface area contributed by atoms with Crippen LogP contribution in [0.25, 0.3) is 0 Å². The zero-order valence-electron chi connectivity index (χ0n) is 13.2. The molecule has 3 rings (SSSR count). The topological polar surface area (TPSA) is 38.8 Å². The molecule has 0 bridgehead atoms. The summed E-state index contributed by atoms with van der Waals surface area (Å²) >= 11 is 3.40. The number of benzene rings is 1. The lowest BCUT2D eigenvalue weighted by atomic mass is 10.1. The number of methoxy groups -OCH3 is 2. The zero-order valence-corrected chi connectivity index (χ0v) is 14.8. The molecule has 1 aromatic carbocycles. The van der Waals surface area contributed by atoms with Crippen molar-refractivity contribution in [1.82, 2.24) is 4.90 Å². The SMILES string of the molecule is COc1ccc([C@H]2SCCN2C(=O)Cc2cccs2)c(OC)c1. The molecule has 0 aliphatic carbocycles. The van der Waals surface area contributed by atoms with E-state index >= 15 is 0 Å². The first-order chi connectivity index (χ1) is 11.2. The van der Waals surface area contributed by atoms with Crippen LogP contribution in [-0.4, -0.2) is 37.3 Å². The summed E-state index contributed by atoms with van der Waals surface area (Å²) in [4.78, 5) is 15.7. The van der Waals surface area contributed by atoms with Crippen LogP contribution in [0.4, 0.5) is 0 Å². The van der Waals surface area contributed by atoms with Crippen molar-refractivity contribution in [3.63, 3.8) is 0 Å². The summed E-state index contributed by atoms with van der Waals surface area (Å²) in [7, 11) is 3.28. The van der Waals surface area contributed by atoms with Gasteiger partial charge in [-0.05, 0) is 23.6 Å². The van der Waals surface area contributed by atoms with Gasteiger partial charge in [0.1, 0.15) is 16.9 Å². The van der Waals surface area contributed by atoms with Crippen LogP contribution < -0.4 is 9.47 Å². The van der Waals surface area contributed by atoms with Gasteiger partial charge in [0.05, 0.1) is 20.6 Å². The van der Waals surface area contributed by atoms with Crippen LogP contribution in [0, 0.1) is 0 Å². The van der Waals surface area contributed by atoms with Crippen LogP contribution >= 0.6 is 23.1 Å². The normalized spacial score (nSPS) is 17.3. The second kappa shape index (κ2) is 7.27. The van der Waals surface area contributed by atoms with Gasteiger partial charge in [-0.25, -0.2) is 0 Å². The van der Waals surface area contributed by atoms with Crippen molar-refractivity contribution in [2.45, 2.75) is 11.8 Å². The Bertz CT molecular complexity index is 672. The third-order valence-corrected chi connectivity index (χ3v) is 5.94. The summed E-state index contributed by atoms with van der Waals surface area (Å²) in [5, 5.41) is 2.01. The van der Waals surface area contributed by atoms with Gasteiger partial charge in [0.15, 0.2) is 0 Å². The van der Waals surface area contributed by atoms with E-state index in [0.717, 1.165) is 34.2 Å². The molecule has 1 fully saturated rings. The molecule has 122 valence electrons. The number of rotatable bonds is 5. The summed E-state index contributed by atoms with van der Waals surface area (Å²) in [5.74, 6) is 2.62. The summed E-state index contributed by atoms with van der Waals surface area (Å²) in [6.07, 6.45) is 0.465. The maximum absolute atomic E-state index is 12.7. The molecule has 0 radical (unpaired) electrons. The van der Waals surface area contributed by atoms with Crippen molar-refractivity contribution in [3.8, 4) is 11.5 Å². The zero-order chi connectivity index (χ0) is 16.2. The Hall–Kier alpha value is -1.66. The van der Waals surface area contributed by atoms with E-state index in [1.165, 1.54) is 0 Å². The van der Waals surface area contributed by atoms with E-state index in [1.54, 1.807) is 37.3 Å². The third-order valence-electron chi connectivity index (χ3n) is 3.82. The van der Waals surface area contributed by atoms with Crippen LogP contribution in [0.3, 0.4) is 0 Å². The second-order valence-corrected chi connectivity index (χ2v) is 7.39. The molecule has 1 aliphatic heterocycles. The number of hydrogen-bond acceptors (Lipinski definition) is 5. The Kier molecular flexibility index (Phi) is 5.13. The predicted molar refractivity (Wildman–Crippen MR) is 94.5 cm³/mol. The van der Waals surface area contributed by atoms with E-state index in [4.69, 9.17) is 9.47 Å². The van der Waals surface area contributed by atoms with Gasteiger partial charge in [-0.3, -0.25) is 4.79 Å². The number of carbonyl (C=O) groups excluding carboxylic acids is 1. The molecule has 6 heteroatoms. The summed E-state index contributed by atoms with van der Waals surface area (Å²) < 4.78 is 10.8. The Morgan fingerprint density at radius 2 is 2.17 bits per heavy atom. The Balaban J connectivity index is 1.82. The highest BCUT2D eigenvalue weighted by Crippen LogP contribution is 2.43. The summed E-state index contributed by atoms with van der Waals surface area (Å²) in [6, 6.07) is 9.77. The van der Waals surface area contributed by atoms with Gasteiger partial charge < -0.3 is 14.4 Å². The molecule has 1 atom stereocenters. The summed E-state index contributed by atoms with van der Waals surface area (Å²) in [5.41, 5.74) is 1.02. The minimum absolute atomic E-state index is 0.00307. The third kappa shape index (κ3) is 3.48. The van der Waals surface area contributed by atoms with Gasteiger partial charge >= 0.3 is 0 Å². The van der Waals surface area contributed by atoms with Crippen LogP contribution in [0.2, 0.25) is 0 Å². The Morgan fingerprint density at radius 3 is 2.87 bits per heavy atom. The van der Waals surface area contributed by atoms with Crippen molar-refractivity contribution in [2.24, 2.45) is 0 Å². The Labute approximate surface area is 144 Å². The van der Waals surface area contributed by atoms with Gasteiger partial charge in [-0.1, -0.05) is 6.07 Å². The minimum atomic E-state index is 0.00307. The van der Waals surface area contributed by atoms with E-state index in [0.29, 0.717) is 6.42 Å². The number of amides is 1. The molecular formula is C17H19NO3S2. The van der Waals surface area contributed by atoms with Gasteiger partial charge in [-0.15, -0.1) is 23.1 Å². The summed E-state index contributed by atoms with van der Waals surface area (Å²) in [6.45, 7) is 0.773. The molecule has 2 aromatic rings. The Morgan fingerprint density at radius 1 is 1.30 bits per heavy atom. The second-order valence-electron chi connectivity index (χ2n) is 5.17. The molecule has 0 unspecified atom stereocenters. The van der Waals surface area contributed by atoms with Crippen molar-refractivity contribution in [1.29, 1.82) is 0 Å². The molecule has 1 aromatic heterocycles. The fourth-order valence-corrected chi connectivity index (χ4v) is 4.67. The number of thioether (sulfide) groups is 1. The number of hydrogen-bond donors (Lipinski definition) is 0. The van der Waals surface area contributed by atoms with Crippen molar-refractivity contribution in [2.75, 3.05) is 26.5 Å². The van der Waals surface area contributed by atoms with E-state index in [9.17, 15) is 4.79 Å². The van der Waals surface area contributed by atoms with Gasteiger partial charge in [0, 0.05) is 28.8 Å². The standard InChI is InChI=1S/C17H19NO3S2/c1-20-12-5-6-14(15(10-12)21-2)17-18(7-9-23-17)16(19)11-13-4-3-8-22-13/h3-6,8,10,17H,7,9,11H2,1-2H3/t17-/m1/s1. The number of thiophene rings is 1. The molecule has 23 heavy (non-hydrogen) atoms. The molecule has 1 saturated heterocycles. The average molecular weight is 349 g/mol. The lowest BCUT2D eigenvalue weighted by Gasteiger charge is -2.25. The fraction of sp³-hybridized carbons (Fsp3) is 0.353. The minimum Gasteiger partial charge on any atom is -0.497 e. The van der Waals surface area contributed by atoms with Crippen molar-refractivity contribution in [3.05, 3.63) is 46.2 Å². The highest BCUT2D eigenvalue weighted by molar-refractivity contribution is 7.99. The lowest BCUT2D eigenvalue weighted by Crippen LogP contribution is -2.31. The van der Waals surface area contributed by atoms with Crippen LogP contribution in [0.5, 0.6) is 11.5 Å². The van der Waals surface area contributed by atoms with E-state index < -0.39 is 0 Å². The average Bonchev–Trinajstić information content (AvgIpc) is 3.25. The molecule has 0 spiro atoms. The number of ether oxygens (including phenoxy) is 2. The molecular weight excluding hydrogens is 330 g/mol. The molecule has 1 amide bonds. The van der Waals surface area contributed by atoms with E-state index in [-0.39, 0.29) is 11.3 Å². The first-order valence-corrected chi connectivity index (χ1v) is 9.31. The highest BCUT2D eigenvalue weighted by atomic mass is 32.2. The molecule has 4 nitrogen and oxygen atoms in total. The van der Waals surface area contributed by atoms with Crippen LogP contribution in [-0.2, 0) is 11.2 Å². The fourth-order valence-electron chi connectivity index (χ4n) is 2.67. The maximum Gasteiger partial charge on any atom is 0.229 e. The smallest absolute Gasteiger partial charge is 0.229 e. The lowest BCUT2D eigenvalue weighted by molar-refractivity contribution is -0.130.